The van der Waals surface area contributed by atoms with Gasteiger partial charge in [-0.05, 0) is 25.0 Å². The number of hydrogen-bond donors (Lipinski definition) is 2. The van der Waals surface area contributed by atoms with Gasteiger partial charge in [0.25, 0.3) is 0 Å². The summed E-state index contributed by atoms with van der Waals surface area (Å²) in [7, 11) is 0. The van der Waals surface area contributed by atoms with E-state index in [1.165, 1.54) is 5.01 Å². The van der Waals surface area contributed by atoms with Gasteiger partial charge in [0.1, 0.15) is 5.16 Å². The first-order valence-corrected chi connectivity index (χ1v) is 6.37. The van der Waals surface area contributed by atoms with Crippen LogP contribution in [0.4, 0.5) is 20.2 Å². The van der Waals surface area contributed by atoms with Gasteiger partial charge in [-0.2, -0.15) is 0 Å². The van der Waals surface area contributed by atoms with E-state index in [1.807, 2.05) is 0 Å². The van der Waals surface area contributed by atoms with Gasteiger partial charge in [0.05, 0.1) is 11.4 Å². The summed E-state index contributed by atoms with van der Waals surface area (Å²) in [5.74, 6) is -1.78. The summed E-state index contributed by atoms with van der Waals surface area (Å²) in [6.45, 7) is 0. The number of hydrogen-bond acceptors (Lipinski definition) is 3. The van der Waals surface area contributed by atoms with Crippen molar-refractivity contribution in [2.24, 2.45) is 0 Å². The fourth-order valence-electron chi connectivity index (χ4n) is 1.85. The van der Waals surface area contributed by atoms with Crippen LogP contribution in [0.3, 0.4) is 0 Å². The predicted octanol–water partition coefficient (Wildman–Crippen LogP) is 3.46. The third kappa shape index (κ3) is 2.51. The number of anilines is 2. The van der Waals surface area contributed by atoms with Crippen LogP contribution in [0.2, 0.25) is 0 Å². The van der Waals surface area contributed by atoms with Crippen molar-refractivity contribution >= 4 is 23.0 Å². The van der Waals surface area contributed by atoms with Gasteiger partial charge in [-0.15, -0.1) is 0 Å². The van der Waals surface area contributed by atoms with Crippen LogP contribution in [0, 0.1) is 11.6 Å². The highest BCUT2D eigenvalue weighted by Crippen LogP contribution is 2.35. The molecule has 0 saturated heterocycles. The second-order valence-electron chi connectivity index (χ2n) is 4.52. The molecule has 3 nitrogen and oxygen atoms in total. The Morgan fingerprint density at radius 2 is 2.00 bits per heavy atom. The fourth-order valence-corrected chi connectivity index (χ4v) is 2.06. The number of allylic oxidation sites excluding steroid dienone is 2. The van der Waals surface area contributed by atoms with E-state index in [0.29, 0.717) is 22.6 Å². The Kier molecular flexibility index (Phi) is 3.06. The maximum absolute atomic E-state index is 13.5. The standard InChI is InChI=1S/C13H12ClF2N3/c14-13-2-1-5-17-19(13)12-7-10(16)9(15)6-11(12)18-8-3-4-8/h1-2,5-8,17-18H,3-4H2. The highest BCUT2D eigenvalue weighted by atomic mass is 35.5. The van der Waals surface area contributed by atoms with E-state index in [-0.39, 0.29) is 0 Å². The van der Waals surface area contributed by atoms with Crippen molar-refractivity contribution in [1.82, 2.24) is 5.43 Å². The highest BCUT2D eigenvalue weighted by Gasteiger charge is 2.25. The van der Waals surface area contributed by atoms with Crippen LogP contribution in [-0.4, -0.2) is 6.04 Å². The first kappa shape index (κ1) is 12.3. The van der Waals surface area contributed by atoms with Gasteiger partial charge in [0, 0.05) is 24.4 Å². The monoisotopic (exact) mass is 283 g/mol. The Labute approximate surface area is 114 Å². The summed E-state index contributed by atoms with van der Waals surface area (Å²) in [5.41, 5.74) is 3.87. The van der Waals surface area contributed by atoms with Gasteiger partial charge >= 0.3 is 0 Å². The molecular formula is C13H12ClF2N3. The summed E-state index contributed by atoms with van der Waals surface area (Å²) in [4.78, 5) is 0. The lowest BCUT2D eigenvalue weighted by atomic mass is 10.2. The van der Waals surface area contributed by atoms with Crippen molar-refractivity contribution in [3.05, 3.63) is 47.3 Å². The summed E-state index contributed by atoms with van der Waals surface area (Å²) < 4.78 is 26.8. The van der Waals surface area contributed by atoms with Crippen LogP contribution in [0.5, 0.6) is 0 Å². The topological polar surface area (TPSA) is 27.3 Å². The van der Waals surface area contributed by atoms with E-state index >= 15 is 0 Å². The zero-order valence-corrected chi connectivity index (χ0v) is 10.7. The third-order valence-corrected chi connectivity index (χ3v) is 3.26. The SMILES string of the molecule is Fc1cc(NC2CC2)c(N2NC=CC=C2Cl)cc1F. The first-order valence-electron chi connectivity index (χ1n) is 5.99. The Morgan fingerprint density at radius 1 is 1.26 bits per heavy atom. The minimum Gasteiger partial charge on any atom is -0.380 e. The molecule has 3 rings (SSSR count). The Balaban J connectivity index is 2.00. The Morgan fingerprint density at radius 3 is 2.68 bits per heavy atom. The lowest BCUT2D eigenvalue weighted by Crippen LogP contribution is -2.34. The summed E-state index contributed by atoms with van der Waals surface area (Å²) in [6, 6.07) is 2.61. The molecule has 1 heterocycles. The molecule has 0 amide bonds. The minimum atomic E-state index is -0.905. The van der Waals surface area contributed by atoms with E-state index in [9.17, 15) is 8.78 Å². The van der Waals surface area contributed by atoms with Crippen molar-refractivity contribution in [2.75, 3.05) is 10.3 Å². The average molecular weight is 284 g/mol. The van der Waals surface area contributed by atoms with Gasteiger partial charge in [0.15, 0.2) is 11.6 Å². The second kappa shape index (κ2) is 4.74. The second-order valence-corrected chi connectivity index (χ2v) is 4.90. The summed E-state index contributed by atoms with van der Waals surface area (Å²) >= 11 is 6.06. The molecule has 1 aliphatic heterocycles. The lowest BCUT2D eigenvalue weighted by Gasteiger charge is -2.28. The summed E-state index contributed by atoms with van der Waals surface area (Å²) in [5, 5.41) is 5.05. The normalized spacial score (nSPS) is 18.1. The number of halogens is 3. The van der Waals surface area contributed by atoms with Gasteiger partial charge in [-0.1, -0.05) is 11.6 Å². The molecule has 2 N–H and O–H groups in total. The lowest BCUT2D eigenvalue weighted by molar-refractivity contribution is 0.508. The molecule has 1 saturated carbocycles. The van der Waals surface area contributed by atoms with Crippen LogP contribution < -0.4 is 15.8 Å². The highest BCUT2D eigenvalue weighted by molar-refractivity contribution is 6.31. The number of rotatable bonds is 3. The van der Waals surface area contributed by atoms with Crippen LogP contribution in [0.15, 0.2) is 35.6 Å². The number of nitrogens with zero attached hydrogens (tertiary/aromatic N) is 1. The molecule has 0 atom stereocenters. The van der Waals surface area contributed by atoms with Gasteiger partial charge in [-0.3, -0.25) is 0 Å². The molecule has 6 heteroatoms. The number of nitrogens with one attached hydrogen (secondary N) is 2. The van der Waals surface area contributed by atoms with Crippen LogP contribution >= 0.6 is 11.6 Å². The number of benzene rings is 1. The Bertz CT molecular complexity index is 567. The fraction of sp³-hybridized carbons (Fsp3) is 0.231. The molecule has 1 aromatic rings. The van der Waals surface area contributed by atoms with Crippen LogP contribution in [-0.2, 0) is 0 Å². The molecule has 2 aliphatic rings. The molecule has 19 heavy (non-hydrogen) atoms. The molecule has 100 valence electrons. The van der Waals surface area contributed by atoms with Crippen molar-refractivity contribution in [2.45, 2.75) is 18.9 Å². The maximum atomic E-state index is 13.5. The average Bonchev–Trinajstić information content (AvgIpc) is 3.18. The molecule has 0 aromatic heterocycles. The predicted molar refractivity (Wildman–Crippen MR) is 71.7 cm³/mol. The van der Waals surface area contributed by atoms with E-state index in [4.69, 9.17) is 11.6 Å². The first-order chi connectivity index (χ1) is 9.15. The molecule has 1 aliphatic carbocycles. The van der Waals surface area contributed by atoms with Gasteiger partial charge in [0.2, 0.25) is 0 Å². The summed E-state index contributed by atoms with van der Waals surface area (Å²) in [6.07, 6.45) is 7.13. The van der Waals surface area contributed by atoms with E-state index in [0.717, 1.165) is 25.0 Å². The zero-order chi connectivity index (χ0) is 13.4. The molecule has 1 fully saturated rings. The van der Waals surface area contributed by atoms with Gasteiger partial charge < -0.3 is 10.7 Å². The smallest absolute Gasteiger partial charge is 0.161 e. The minimum absolute atomic E-state index is 0.326. The van der Waals surface area contributed by atoms with Crippen molar-refractivity contribution < 1.29 is 8.78 Å². The zero-order valence-electron chi connectivity index (χ0n) is 9.96. The molecule has 0 bridgehead atoms. The number of hydrazine groups is 1. The van der Waals surface area contributed by atoms with Crippen LogP contribution in [0.25, 0.3) is 0 Å². The molecular weight excluding hydrogens is 272 g/mol. The van der Waals surface area contributed by atoms with E-state index in [2.05, 4.69) is 10.7 Å². The Hall–Kier alpha value is -1.75. The van der Waals surface area contributed by atoms with E-state index < -0.39 is 11.6 Å². The van der Waals surface area contributed by atoms with Crippen molar-refractivity contribution in [3.63, 3.8) is 0 Å². The maximum Gasteiger partial charge on any atom is 0.161 e. The van der Waals surface area contributed by atoms with E-state index in [1.54, 1.807) is 18.4 Å². The third-order valence-electron chi connectivity index (χ3n) is 2.96. The molecule has 0 unspecified atom stereocenters. The molecule has 1 aromatic carbocycles. The van der Waals surface area contributed by atoms with Crippen LogP contribution in [0.1, 0.15) is 12.8 Å². The quantitative estimate of drug-likeness (QED) is 0.832. The molecule has 0 radical (unpaired) electrons. The largest absolute Gasteiger partial charge is 0.380 e. The van der Waals surface area contributed by atoms with Crippen molar-refractivity contribution in [3.8, 4) is 0 Å². The van der Waals surface area contributed by atoms with Crippen molar-refractivity contribution in [1.29, 1.82) is 0 Å². The van der Waals surface area contributed by atoms with Gasteiger partial charge in [-0.25, -0.2) is 13.8 Å². The molecule has 0 spiro atoms.